The van der Waals surface area contributed by atoms with Gasteiger partial charge in [-0.1, -0.05) is 0 Å². The minimum Gasteiger partial charge on any atom is -0.480 e. The second-order valence-corrected chi connectivity index (χ2v) is 12.0. The Kier molecular flexibility index (Phi) is 5.37. The summed E-state index contributed by atoms with van der Waals surface area (Å²) in [5.74, 6) is -0.254. The molecular weight excluding hydrogens is 498 g/mol. The number of carbonyl (C=O) groups excluding carboxylic acids is 2. The highest BCUT2D eigenvalue weighted by Gasteiger charge is 2.63. The molecule has 3 N–H and O–H groups in total. The Bertz CT molecular complexity index is 1470. The molecule has 39 heavy (non-hydrogen) atoms. The topological polar surface area (TPSA) is 144 Å². The highest BCUT2D eigenvalue weighted by Crippen LogP contribution is 2.54. The van der Waals surface area contributed by atoms with Gasteiger partial charge in [0.1, 0.15) is 5.69 Å². The van der Waals surface area contributed by atoms with Crippen LogP contribution in [0, 0.1) is 23.2 Å². The minimum absolute atomic E-state index is 0.0211. The molecule has 0 bridgehead atoms. The van der Waals surface area contributed by atoms with Crippen molar-refractivity contribution in [3.8, 4) is 0 Å². The first-order valence-corrected chi connectivity index (χ1v) is 14.0. The lowest BCUT2D eigenvalue weighted by Crippen LogP contribution is -2.41. The third-order valence-electron chi connectivity index (χ3n) is 9.16. The van der Waals surface area contributed by atoms with Gasteiger partial charge in [-0.15, -0.1) is 0 Å². The summed E-state index contributed by atoms with van der Waals surface area (Å²) in [4.78, 5) is 43.4. The van der Waals surface area contributed by atoms with Crippen LogP contribution in [0.3, 0.4) is 0 Å². The fraction of sp³-hybridized carbons (Fsp3) is 0.571. The second kappa shape index (κ2) is 8.62. The Morgan fingerprint density at radius 2 is 1.92 bits per heavy atom. The van der Waals surface area contributed by atoms with Crippen molar-refractivity contribution < 1.29 is 19.5 Å². The molecule has 3 aliphatic carbocycles. The molecule has 4 aliphatic rings. The average molecular weight is 532 g/mol. The summed E-state index contributed by atoms with van der Waals surface area (Å²) in [6.07, 6.45) is 10.1. The first kappa shape index (κ1) is 24.3. The predicted octanol–water partition coefficient (Wildman–Crippen LogP) is 2.52. The van der Waals surface area contributed by atoms with Crippen LogP contribution in [-0.2, 0) is 22.6 Å². The summed E-state index contributed by atoms with van der Waals surface area (Å²) in [6.45, 7) is 2.56. The maximum atomic E-state index is 13.4. The van der Waals surface area contributed by atoms with Gasteiger partial charge in [0.15, 0.2) is 11.1 Å². The molecule has 2 amide bonds. The largest absolute Gasteiger partial charge is 0.480 e. The lowest BCUT2D eigenvalue weighted by atomic mass is 9.79. The summed E-state index contributed by atoms with van der Waals surface area (Å²) in [5.41, 5.74) is 0.552. The fourth-order valence-electron chi connectivity index (χ4n) is 6.65. The Morgan fingerprint density at radius 3 is 2.54 bits per heavy atom. The monoisotopic (exact) mass is 531 g/mol. The van der Waals surface area contributed by atoms with E-state index >= 15 is 0 Å². The van der Waals surface area contributed by atoms with Crippen LogP contribution in [0.15, 0.2) is 30.6 Å². The highest BCUT2D eigenvalue weighted by atomic mass is 16.4. The molecule has 0 radical (unpaired) electrons. The van der Waals surface area contributed by atoms with Gasteiger partial charge in [0.25, 0.3) is 5.91 Å². The first-order chi connectivity index (χ1) is 18.8. The zero-order valence-corrected chi connectivity index (χ0v) is 22.0. The molecule has 3 aromatic rings. The molecule has 4 heterocycles. The van der Waals surface area contributed by atoms with Gasteiger partial charge >= 0.3 is 5.97 Å². The molecule has 3 aromatic heterocycles. The molecular formula is C28H33N7O4. The lowest BCUT2D eigenvalue weighted by Gasteiger charge is -2.27. The van der Waals surface area contributed by atoms with E-state index in [1.807, 2.05) is 19.2 Å². The van der Waals surface area contributed by atoms with Gasteiger partial charge in [0.2, 0.25) is 5.91 Å². The zero-order chi connectivity index (χ0) is 26.9. The smallest absolute Gasteiger partial charge is 0.319 e. The quantitative estimate of drug-likeness (QED) is 0.341. The summed E-state index contributed by atoms with van der Waals surface area (Å²) < 4.78 is 3.35. The summed E-state index contributed by atoms with van der Waals surface area (Å²) in [5, 5.41) is 25.2. The summed E-state index contributed by atoms with van der Waals surface area (Å²) >= 11 is 0. The Labute approximate surface area is 225 Å². The van der Waals surface area contributed by atoms with Gasteiger partial charge in [-0.25, -0.2) is 9.50 Å². The van der Waals surface area contributed by atoms with Crippen molar-refractivity contribution in [2.75, 3.05) is 0 Å². The number of aryl methyl sites for hydroxylation is 1. The molecule has 3 saturated carbocycles. The molecule has 1 saturated heterocycles. The van der Waals surface area contributed by atoms with E-state index in [0.29, 0.717) is 41.3 Å². The van der Waals surface area contributed by atoms with Crippen LogP contribution in [-0.4, -0.2) is 52.8 Å². The van der Waals surface area contributed by atoms with Crippen LogP contribution >= 0.6 is 0 Å². The van der Waals surface area contributed by atoms with Gasteiger partial charge in [-0.3, -0.25) is 19.1 Å². The van der Waals surface area contributed by atoms with Gasteiger partial charge in [-0.05, 0) is 87.8 Å². The Balaban J connectivity index is 1.20. The van der Waals surface area contributed by atoms with Crippen molar-refractivity contribution >= 4 is 23.4 Å². The third kappa shape index (κ3) is 4.18. The fourth-order valence-corrected chi connectivity index (χ4v) is 6.65. The van der Waals surface area contributed by atoms with E-state index in [2.05, 4.69) is 15.7 Å². The maximum absolute atomic E-state index is 13.4. The third-order valence-corrected chi connectivity index (χ3v) is 9.16. The number of nitrogens with one attached hydrogen (secondary N) is 2. The maximum Gasteiger partial charge on any atom is 0.319 e. The van der Waals surface area contributed by atoms with E-state index in [-0.39, 0.29) is 30.3 Å². The SMILES string of the molecule is CCn1nccc1C(=O)N[C@H](c1cn2nc(CC3(C(=O)O)CC4(CC4)NC3=O)ccc2n1)C(C1CC1)C1CC1. The molecule has 4 fully saturated rings. The summed E-state index contributed by atoms with van der Waals surface area (Å²) in [7, 11) is 0. The normalized spacial score (nSPS) is 24.3. The van der Waals surface area contributed by atoms with E-state index in [1.165, 1.54) is 0 Å². The van der Waals surface area contributed by atoms with E-state index in [0.717, 1.165) is 44.2 Å². The van der Waals surface area contributed by atoms with Crippen LogP contribution in [0.4, 0.5) is 0 Å². The molecule has 0 aromatic carbocycles. The molecule has 1 spiro atoms. The molecule has 2 atom stereocenters. The van der Waals surface area contributed by atoms with E-state index < -0.39 is 17.3 Å². The van der Waals surface area contributed by atoms with Crippen molar-refractivity contribution in [2.24, 2.45) is 23.2 Å². The van der Waals surface area contributed by atoms with Crippen molar-refractivity contribution in [1.29, 1.82) is 0 Å². The van der Waals surface area contributed by atoms with Crippen molar-refractivity contribution in [1.82, 2.24) is 35.0 Å². The molecule has 1 aliphatic heterocycles. The molecule has 204 valence electrons. The number of carboxylic acids is 1. The number of aliphatic carboxylic acids is 1. The number of carboxylic acid groups (broad SMARTS) is 1. The minimum atomic E-state index is -1.51. The molecule has 11 nitrogen and oxygen atoms in total. The summed E-state index contributed by atoms with van der Waals surface area (Å²) in [6, 6.07) is 5.05. The number of hydrogen-bond donors (Lipinski definition) is 3. The molecule has 11 heteroatoms. The van der Waals surface area contributed by atoms with E-state index in [9.17, 15) is 19.5 Å². The van der Waals surface area contributed by atoms with Crippen LogP contribution in [0.1, 0.15) is 79.8 Å². The number of imidazole rings is 1. The van der Waals surface area contributed by atoms with Gasteiger partial charge in [0.05, 0.1) is 23.6 Å². The van der Waals surface area contributed by atoms with E-state index in [1.54, 1.807) is 27.5 Å². The van der Waals surface area contributed by atoms with Gasteiger partial charge in [-0.2, -0.15) is 10.2 Å². The number of rotatable bonds is 10. The lowest BCUT2D eigenvalue weighted by molar-refractivity contribution is -0.153. The zero-order valence-electron chi connectivity index (χ0n) is 22.0. The second-order valence-electron chi connectivity index (χ2n) is 12.0. The van der Waals surface area contributed by atoms with Crippen molar-refractivity contribution in [3.63, 3.8) is 0 Å². The van der Waals surface area contributed by atoms with Crippen LogP contribution in [0.2, 0.25) is 0 Å². The molecule has 1 unspecified atom stereocenters. The number of aromatic nitrogens is 5. The van der Waals surface area contributed by atoms with E-state index in [4.69, 9.17) is 10.1 Å². The number of nitrogens with zero attached hydrogens (tertiary/aromatic N) is 5. The number of hydrogen-bond acceptors (Lipinski definition) is 6. The molecule has 7 rings (SSSR count). The predicted molar refractivity (Wildman–Crippen MR) is 139 cm³/mol. The number of fused-ring (bicyclic) bond motifs is 1. The first-order valence-electron chi connectivity index (χ1n) is 14.0. The Hall–Kier alpha value is -3.76. The van der Waals surface area contributed by atoms with Crippen LogP contribution in [0.25, 0.3) is 5.65 Å². The van der Waals surface area contributed by atoms with Gasteiger partial charge < -0.3 is 15.7 Å². The van der Waals surface area contributed by atoms with Crippen LogP contribution < -0.4 is 10.6 Å². The van der Waals surface area contributed by atoms with Crippen molar-refractivity contribution in [2.45, 2.75) is 76.4 Å². The standard InChI is InChI=1S/C28H33N7O4/c1-2-34-20(9-12-29-34)24(36)31-23(22(16-3-4-16)17-5-6-17)19-14-35-21(30-19)8-7-18(33-35)13-28(26(38)39)15-27(10-11-27)32-25(28)37/h7-9,12,14,16-17,22-23H,2-6,10-11,13,15H2,1H3,(H,31,36)(H,32,37)(H,38,39)/t23-,28?/m1/s1. The average Bonchev–Trinajstić information content (AvgIpc) is 3.87. The Morgan fingerprint density at radius 1 is 1.18 bits per heavy atom. The number of amides is 2. The van der Waals surface area contributed by atoms with Gasteiger partial charge in [0, 0.05) is 24.7 Å². The van der Waals surface area contributed by atoms with Crippen molar-refractivity contribution in [3.05, 3.63) is 47.7 Å². The van der Waals surface area contributed by atoms with Crippen LogP contribution in [0.5, 0.6) is 0 Å². The number of carbonyl (C=O) groups is 3. The highest BCUT2D eigenvalue weighted by molar-refractivity contribution is 6.04.